The van der Waals surface area contributed by atoms with Gasteiger partial charge in [-0.15, -0.1) is 0 Å². The normalized spacial score (nSPS) is 10.6. The minimum absolute atomic E-state index is 0.00281. The third-order valence-electron chi connectivity index (χ3n) is 5.07. The summed E-state index contributed by atoms with van der Waals surface area (Å²) < 4.78 is 0. The number of rotatable bonds is 6. The van der Waals surface area contributed by atoms with Crippen LogP contribution in [0.5, 0.6) is 0 Å². The molecule has 0 aliphatic rings. The minimum Gasteiger partial charge on any atom is -0.398 e. The van der Waals surface area contributed by atoms with E-state index in [1.54, 1.807) is 36.5 Å². The first-order valence-corrected chi connectivity index (χ1v) is 9.74. The van der Waals surface area contributed by atoms with Crippen molar-refractivity contribution >= 4 is 17.1 Å². The summed E-state index contributed by atoms with van der Waals surface area (Å²) in [5.41, 5.74) is 11.3. The topological polar surface area (TPSA) is 125 Å². The van der Waals surface area contributed by atoms with Crippen LogP contribution >= 0.6 is 0 Å². The van der Waals surface area contributed by atoms with Gasteiger partial charge in [-0.2, -0.15) is 0 Å². The molecule has 2 N–H and O–H groups in total. The fourth-order valence-electron chi connectivity index (χ4n) is 3.51. The summed E-state index contributed by atoms with van der Waals surface area (Å²) >= 11 is 0. The Morgan fingerprint density at radius 3 is 2.06 bits per heavy atom. The molecule has 0 unspecified atom stereocenters. The molecule has 0 amide bonds. The Labute approximate surface area is 183 Å². The van der Waals surface area contributed by atoms with E-state index in [9.17, 15) is 20.2 Å². The Morgan fingerprint density at radius 1 is 0.750 bits per heavy atom. The highest BCUT2D eigenvalue weighted by molar-refractivity contribution is 5.78. The van der Waals surface area contributed by atoms with Crippen LogP contribution in [0.3, 0.4) is 0 Å². The smallest absolute Gasteiger partial charge is 0.270 e. The van der Waals surface area contributed by atoms with Gasteiger partial charge in [-0.3, -0.25) is 25.2 Å². The molecule has 0 radical (unpaired) electrons. The van der Waals surface area contributed by atoms with E-state index in [0.29, 0.717) is 28.9 Å². The number of non-ortho nitro benzene ring substituents is 2. The highest BCUT2D eigenvalue weighted by Crippen LogP contribution is 2.30. The van der Waals surface area contributed by atoms with Gasteiger partial charge < -0.3 is 5.73 Å². The maximum Gasteiger partial charge on any atom is 0.270 e. The quantitative estimate of drug-likeness (QED) is 0.250. The highest BCUT2D eigenvalue weighted by atomic mass is 16.6. The number of nitro groups is 2. The van der Waals surface area contributed by atoms with Gasteiger partial charge in [-0.05, 0) is 47.4 Å². The molecule has 0 saturated carbocycles. The van der Waals surface area contributed by atoms with Gasteiger partial charge >= 0.3 is 0 Å². The number of hydrogen-bond donors (Lipinski definition) is 1. The monoisotopic (exact) mass is 426 g/mol. The predicted molar refractivity (Wildman–Crippen MR) is 122 cm³/mol. The molecule has 8 nitrogen and oxygen atoms in total. The molecule has 158 valence electrons. The van der Waals surface area contributed by atoms with Crippen LogP contribution in [0.15, 0.2) is 85.1 Å². The molecule has 0 atom stereocenters. The van der Waals surface area contributed by atoms with Gasteiger partial charge in [-0.25, -0.2) is 0 Å². The van der Waals surface area contributed by atoms with Crippen molar-refractivity contribution in [3.63, 3.8) is 0 Å². The maximum atomic E-state index is 11.1. The number of aromatic nitrogens is 1. The van der Waals surface area contributed by atoms with Crippen LogP contribution in [0.25, 0.3) is 22.4 Å². The summed E-state index contributed by atoms with van der Waals surface area (Å²) in [5, 5.41) is 22.2. The van der Waals surface area contributed by atoms with E-state index < -0.39 is 9.85 Å². The minimum atomic E-state index is -0.435. The fraction of sp³-hybridized carbons (Fsp3) is 0.0417. The molecule has 0 aliphatic heterocycles. The summed E-state index contributed by atoms with van der Waals surface area (Å²) in [6, 6.07) is 22.1. The SMILES string of the molecule is Nc1ccc(Cc2ccnc(-c3cccc([N+](=O)[O-])c3)c2)cc1-c1cccc([N+](=O)[O-])c1. The van der Waals surface area contributed by atoms with Gasteiger partial charge in [0, 0.05) is 47.3 Å². The van der Waals surface area contributed by atoms with Crippen LogP contribution in [0.1, 0.15) is 11.1 Å². The van der Waals surface area contributed by atoms with Crippen LogP contribution in [0.4, 0.5) is 17.1 Å². The lowest BCUT2D eigenvalue weighted by Crippen LogP contribution is -1.96. The molecule has 4 rings (SSSR count). The molecule has 0 bridgehead atoms. The molecule has 4 aromatic rings. The lowest BCUT2D eigenvalue weighted by Gasteiger charge is -2.10. The van der Waals surface area contributed by atoms with Gasteiger partial charge in [0.15, 0.2) is 0 Å². The number of nitrogens with two attached hydrogens (primary N) is 1. The van der Waals surface area contributed by atoms with Crippen molar-refractivity contribution in [1.29, 1.82) is 0 Å². The van der Waals surface area contributed by atoms with Gasteiger partial charge in [-0.1, -0.05) is 30.3 Å². The summed E-state index contributed by atoms with van der Waals surface area (Å²) in [5.74, 6) is 0. The van der Waals surface area contributed by atoms with E-state index in [4.69, 9.17) is 5.73 Å². The second-order valence-electron chi connectivity index (χ2n) is 7.26. The van der Waals surface area contributed by atoms with Gasteiger partial charge in [0.05, 0.1) is 15.5 Å². The molecule has 0 spiro atoms. The van der Waals surface area contributed by atoms with E-state index in [1.165, 1.54) is 24.3 Å². The molecule has 0 saturated heterocycles. The van der Waals surface area contributed by atoms with Crippen molar-refractivity contribution < 1.29 is 9.85 Å². The molecular formula is C24H18N4O4. The van der Waals surface area contributed by atoms with Crippen molar-refractivity contribution in [2.75, 3.05) is 5.73 Å². The lowest BCUT2D eigenvalue weighted by molar-refractivity contribution is -0.385. The van der Waals surface area contributed by atoms with Crippen LogP contribution in [0.2, 0.25) is 0 Å². The average Bonchev–Trinajstić information content (AvgIpc) is 2.80. The average molecular weight is 426 g/mol. The van der Waals surface area contributed by atoms with E-state index >= 15 is 0 Å². The predicted octanol–water partition coefficient (Wildman–Crippen LogP) is 5.41. The van der Waals surface area contributed by atoms with E-state index in [-0.39, 0.29) is 11.4 Å². The fourth-order valence-corrected chi connectivity index (χ4v) is 3.51. The molecule has 32 heavy (non-hydrogen) atoms. The second kappa shape index (κ2) is 8.65. The van der Waals surface area contributed by atoms with Crippen molar-refractivity contribution in [1.82, 2.24) is 4.98 Å². The largest absolute Gasteiger partial charge is 0.398 e. The van der Waals surface area contributed by atoms with Crippen LogP contribution < -0.4 is 5.73 Å². The van der Waals surface area contributed by atoms with E-state index in [0.717, 1.165) is 16.7 Å². The van der Waals surface area contributed by atoms with Crippen LogP contribution in [-0.4, -0.2) is 14.8 Å². The van der Waals surface area contributed by atoms with Crippen molar-refractivity contribution in [2.24, 2.45) is 0 Å². The Balaban J connectivity index is 1.64. The van der Waals surface area contributed by atoms with Crippen molar-refractivity contribution in [3.05, 3.63) is 116 Å². The summed E-state index contributed by atoms with van der Waals surface area (Å²) in [6.07, 6.45) is 2.24. The van der Waals surface area contributed by atoms with E-state index in [1.807, 2.05) is 24.3 Å². The Kier molecular flexibility index (Phi) is 5.59. The third kappa shape index (κ3) is 4.44. The number of nitrogen functional groups attached to an aromatic ring is 1. The first-order valence-electron chi connectivity index (χ1n) is 9.74. The first-order chi connectivity index (χ1) is 15.4. The van der Waals surface area contributed by atoms with Crippen LogP contribution in [0, 0.1) is 20.2 Å². The lowest BCUT2D eigenvalue weighted by atomic mass is 9.97. The Bertz CT molecular complexity index is 1340. The van der Waals surface area contributed by atoms with E-state index in [2.05, 4.69) is 4.98 Å². The van der Waals surface area contributed by atoms with Crippen molar-refractivity contribution in [2.45, 2.75) is 6.42 Å². The molecule has 1 aromatic heterocycles. The number of nitrogens with zero attached hydrogens (tertiary/aromatic N) is 3. The highest BCUT2D eigenvalue weighted by Gasteiger charge is 2.12. The number of pyridine rings is 1. The number of nitro benzene ring substituents is 2. The molecule has 0 aliphatic carbocycles. The Hall–Kier alpha value is -4.59. The number of anilines is 1. The van der Waals surface area contributed by atoms with Crippen molar-refractivity contribution in [3.8, 4) is 22.4 Å². The molecule has 1 heterocycles. The molecule has 8 heteroatoms. The zero-order chi connectivity index (χ0) is 22.7. The summed E-state index contributed by atoms with van der Waals surface area (Å²) in [7, 11) is 0. The summed E-state index contributed by atoms with van der Waals surface area (Å²) in [4.78, 5) is 25.7. The zero-order valence-electron chi connectivity index (χ0n) is 16.8. The summed E-state index contributed by atoms with van der Waals surface area (Å²) in [6.45, 7) is 0. The maximum absolute atomic E-state index is 11.1. The van der Waals surface area contributed by atoms with Gasteiger partial charge in [0.1, 0.15) is 0 Å². The molecular weight excluding hydrogens is 408 g/mol. The van der Waals surface area contributed by atoms with Gasteiger partial charge in [0.2, 0.25) is 0 Å². The third-order valence-corrected chi connectivity index (χ3v) is 5.07. The van der Waals surface area contributed by atoms with Gasteiger partial charge in [0.25, 0.3) is 11.4 Å². The molecule has 3 aromatic carbocycles. The standard InChI is InChI=1S/C24H18N4O4/c25-23-8-7-16(12-22(23)18-3-1-5-20(14-18)27(29)30)11-17-9-10-26-24(13-17)19-4-2-6-21(15-19)28(31)32/h1-10,12-15H,11,25H2. The number of benzene rings is 3. The Morgan fingerprint density at radius 2 is 1.38 bits per heavy atom. The van der Waals surface area contributed by atoms with Crippen LogP contribution in [-0.2, 0) is 6.42 Å². The number of hydrogen-bond acceptors (Lipinski definition) is 6. The second-order valence-corrected chi connectivity index (χ2v) is 7.26. The first kappa shape index (κ1) is 20.7. The molecule has 0 fully saturated rings. The zero-order valence-corrected chi connectivity index (χ0v) is 16.8.